The number of rotatable bonds is 5. The van der Waals surface area contributed by atoms with Crippen LogP contribution in [0, 0.1) is 12.3 Å². The van der Waals surface area contributed by atoms with E-state index in [1.807, 2.05) is 18.2 Å². The fraction of sp³-hybridized carbons (Fsp3) is 0.357. The summed E-state index contributed by atoms with van der Waals surface area (Å²) in [5.74, 6) is 2.80. The minimum absolute atomic E-state index is 0.0858. The molecule has 1 atom stereocenters. The summed E-state index contributed by atoms with van der Waals surface area (Å²) >= 11 is 0. The van der Waals surface area contributed by atoms with Gasteiger partial charge in [0.2, 0.25) is 0 Å². The van der Waals surface area contributed by atoms with Crippen molar-refractivity contribution in [2.75, 3.05) is 13.2 Å². The molecule has 18 heavy (non-hydrogen) atoms. The number of carbonyl (C=O) groups is 1. The summed E-state index contributed by atoms with van der Waals surface area (Å²) < 4.78 is 5.28. The molecule has 1 aliphatic carbocycles. The van der Waals surface area contributed by atoms with Gasteiger partial charge in [-0.05, 0) is 36.1 Å². The lowest BCUT2D eigenvalue weighted by molar-refractivity contribution is -0.119. The monoisotopic (exact) mass is 244 g/mol. The minimum Gasteiger partial charge on any atom is -0.484 e. The molecule has 0 aliphatic heterocycles. The minimum atomic E-state index is -0.468. The van der Waals surface area contributed by atoms with Gasteiger partial charge in [-0.15, -0.1) is 6.42 Å². The predicted octanol–water partition coefficient (Wildman–Crippen LogP) is 0.761. The lowest BCUT2D eigenvalue weighted by Gasteiger charge is -2.12. The van der Waals surface area contributed by atoms with Crippen LogP contribution in [0.2, 0.25) is 0 Å². The topological polar surface area (TPSA) is 64.3 Å². The normalized spacial score (nSPS) is 16.9. The predicted molar refractivity (Wildman–Crippen MR) is 69.0 cm³/mol. The molecule has 1 aromatic rings. The highest BCUT2D eigenvalue weighted by atomic mass is 16.5. The molecule has 0 saturated heterocycles. The molecule has 0 bridgehead atoms. The molecule has 94 valence electrons. The summed E-state index contributed by atoms with van der Waals surface area (Å²) in [7, 11) is 0. The fourth-order valence-corrected chi connectivity index (χ4v) is 2.23. The Hall–Kier alpha value is -1.99. The maximum absolute atomic E-state index is 10.6. The maximum atomic E-state index is 10.6. The molecule has 0 fully saturated rings. The third-order valence-electron chi connectivity index (χ3n) is 3.02. The first-order valence-corrected chi connectivity index (χ1v) is 5.91. The van der Waals surface area contributed by atoms with Crippen LogP contribution in [0.1, 0.15) is 23.6 Å². The number of terminal acetylenes is 1. The number of hydrogen-bond acceptors (Lipinski definition) is 3. The van der Waals surface area contributed by atoms with Crippen LogP contribution in [0.3, 0.4) is 0 Å². The summed E-state index contributed by atoms with van der Waals surface area (Å²) in [6.07, 6.45) is 7.27. The number of primary amides is 1. The summed E-state index contributed by atoms with van der Waals surface area (Å²) in [6, 6.07) is 6.17. The first-order valence-electron chi connectivity index (χ1n) is 5.91. The highest BCUT2D eigenvalue weighted by Gasteiger charge is 2.21. The van der Waals surface area contributed by atoms with Crippen molar-refractivity contribution in [3.05, 3.63) is 29.3 Å². The highest BCUT2D eigenvalue weighted by Crippen LogP contribution is 2.33. The van der Waals surface area contributed by atoms with Crippen molar-refractivity contribution in [1.82, 2.24) is 5.32 Å². The number of aryl methyl sites for hydroxylation is 1. The number of nitrogens with two attached hydrogens (primary N) is 1. The van der Waals surface area contributed by atoms with Gasteiger partial charge in [-0.25, -0.2) is 0 Å². The second kappa shape index (κ2) is 5.56. The molecular formula is C14H16N2O2. The van der Waals surface area contributed by atoms with Gasteiger partial charge >= 0.3 is 0 Å². The Balaban J connectivity index is 2.05. The smallest absolute Gasteiger partial charge is 0.255 e. The van der Waals surface area contributed by atoms with Gasteiger partial charge in [0, 0.05) is 6.04 Å². The first kappa shape index (κ1) is 12.5. The Kier molecular flexibility index (Phi) is 3.85. The Morgan fingerprint density at radius 3 is 3.17 bits per heavy atom. The number of benzene rings is 1. The lowest BCUT2D eigenvalue weighted by Crippen LogP contribution is -2.20. The lowest BCUT2D eigenvalue weighted by atomic mass is 10.1. The molecule has 0 radical (unpaired) electrons. The van der Waals surface area contributed by atoms with Gasteiger partial charge in [-0.2, -0.15) is 0 Å². The zero-order valence-corrected chi connectivity index (χ0v) is 10.1. The van der Waals surface area contributed by atoms with Crippen LogP contribution < -0.4 is 15.8 Å². The van der Waals surface area contributed by atoms with E-state index < -0.39 is 5.91 Å². The quantitative estimate of drug-likeness (QED) is 0.752. The maximum Gasteiger partial charge on any atom is 0.255 e. The van der Waals surface area contributed by atoms with E-state index in [4.69, 9.17) is 16.9 Å². The Morgan fingerprint density at radius 1 is 1.61 bits per heavy atom. The van der Waals surface area contributed by atoms with Crippen LogP contribution in [0.4, 0.5) is 0 Å². The molecule has 1 aliphatic rings. The number of hydrogen-bond donors (Lipinski definition) is 2. The van der Waals surface area contributed by atoms with Crippen molar-refractivity contribution in [2.45, 2.75) is 18.9 Å². The number of amides is 1. The van der Waals surface area contributed by atoms with Gasteiger partial charge in [-0.1, -0.05) is 12.0 Å². The molecule has 1 unspecified atom stereocenters. The van der Waals surface area contributed by atoms with Gasteiger partial charge in [0.1, 0.15) is 5.75 Å². The van der Waals surface area contributed by atoms with Gasteiger partial charge in [0.05, 0.1) is 6.54 Å². The molecular weight excluding hydrogens is 228 g/mol. The summed E-state index contributed by atoms with van der Waals surface area (Å²) in [5, 5.41) is 3.31. The van der Waals surface area contributed by atoms with E-state index in [0.717, 1.165) is 12.8 Å². The van der Waals surface area contributed by atoms with Gasteiger partial charge < -0.3 is 10.5 Å². The molecule has 2 rings (SSSR count). The van der Waals surface area contributed by atoms with E-state index >= 15 is 0 Å². The standard InChI is InChI=1S/C14H16N2O2/c1-2-7-16-13-6-3-10-8-11(4-5-12(10)13)18-9-14(15)17/h1,4-5,8,13,16H,3,6-7,9H2,(H2,15,17). The second-order valence-corrected chi connectivity index (χ2v) is 4.29. The molecule has 3 N–H and O–H groups in total. The van der Waals surface area contributed by atoms with Crippen LogP contribution in [-0.4, -0.2) is 19.1 Å². The van der Waals surface area contributed by atoms with Crippen molar-refractivity contribution >= 4 is 5.91 Å². The van der Waals surface area contributed by atoms with E-state index in [-0.39, 0.29) is 6.61 Å². The van der Waals surface area contributed by atoms with E-state index in [1.165, 1.54) is 11.1 Å². The van der Waals surface area contributed by atoms with Crippen LogP contribution in [0.15, 0.2) is 18.2 Å². The van der Waals surface area contributed by atoms with Crippen molar-refractivity contribution < 1.29 is 9.53 Å². The number of nitrogens with one attached hydrogen (secondary N) is 1. The molecule has 0 aromatic heterocycles. The summed E-state index contributed by atoms with van der Waals surface area (Å²) in [4.78, 5) is 10.6. The largest absolute Gasteiger partial charge is 0.484 e. The zero-order valence-electron chi connectivity index (χ0n) is 10.1. The third kappa shape index (κ3) is 2.82. The number of fused-ring (bicyclic) bond motifs is 1. The van der Waals surface area contributed by atoms with E-state index in [2.05, 4.69) is 11.2 Å². The molecule has 0 saturated carbocycles. The summed E-state index contributed by atoms with van der Waals surface area (Å²) in [6.45, 7) is 0.488. The molecule has 1 amide bonds. The first-order chi connectivity index (χ1) is 8.70. The van der Waals surface area contributed by atoms with Crippen molar-refractivity contribution in [3.8, 4) is 18.1 Å². The van der Waals surface area contributed by atoms with E-state index in [0.29, 0.717) is 18.3 Å². The van der Waals surface area contributed by atoms with Gasteiger partial charge in [0.25, 0.3) is 5.91 Å². The van der Waals surface area contributed by atoms with E-state index in [9.17, 15) is 4.79 Å². The summed E-state index contributed by atoms with van der Waals surface area (Å²) in [5.41, 5.74) is 7.54. The van der Waals surface area contributed by atoms with Crippen LogP contribution in [-0.2, 0) is 11.2 Å². The average molecular weight is 244 g/mol. The van der Waals surface area contributed by atoms with E-state index in [1.54, 1.807) is 0 Å². The van der Waals surface area contributed by atoms with Crippen molar-refractivity contribution in [1.29, 1.82) is 0 Å². The molecule has 1 aromatic carbocycles. The average Bonchev–Trinajstić information content (AvgIpc) is 2.76. The fourth-order valence-electron chi connectivity index (χ4n) is 2.23. The SMILES string of the molecule is C#CCNC1CCc2cc(OCC(N)=O)ccc21. The molecule has 0 heterocycles. The van der Waals surface area contributed by atoms with Gasteiger partial charge in [0.15, 0.2) is 6.61 Å². The van der Waals surface area contributed by atoms with Crippen molar-refractivity contribution in [3.63, 3.8) is 0 Å². The third-order valence-corrected chi connectivity index (χ3v) is 3.02. The number of ether oxygens (including phenoxy) is 1. The van der Waals surface area contributed by atoms with Gasteiger partial charge in [-0.3, -0.25) is 10.1 Å². The highest BCUT2D eigenvalue weighted by molar-refractivity contribution is 5.75. The van der Waals surface area contributed by atoms with Crippen molar-refractivity contribution in [2.24, 2.45) is 5.73 Å². The Bertz CT molecular complexity index is 491. The second-order valence-electron chi connectivity index (χ2n) is 4.29. The zero-order chi connectivity index (χ0) is 13.0. The van der Waals surface area contributed by atoms with Crippen LogP contribution >= 0.6 is 0 Å². The Labute approximate surface area is 107 Å². The molecule has 4 heteroatoms. The molecule has 4 nitrogen and oxygen atoms in total. The van der Waals surface area contributed by atoms with Crippen LogP contribution in [0.25, 0.3) is 0 Å². The Morgan fingerprint density at radius 2 is 2.44 bits per heavy atom. The number of carbonyl (C=O) groups excluding carboxylic acids is 1. The van der Waals surface area contributed by atoms with Crippen LogP contribution in [0.5, 0.6) is 5.75 Å². The molecule has 0 spiro atoms.